The third-order valence-corrected chi connectivity index (χ3v) is 7.62. The van der Waals surface area contributed by atoms with E-state index in [1.165, 1.54) is 5.56 Å². The maximum Gasteiger partial charge on any atom is 0.255 e. The number of hydrazine groups is 1. The van der Waals surface area contributed by atoms with Crippen LogP contribution in [-0.4, -0.2) is 51.0 Å². The third-order valence-electron chi connectivity index (χ3n) is 7.62. The van der Waals surface area contributed by atoms with Crippen molar-refractivity contribution >= 4 is 28.7 Å². The molecule has 3 aromatic carbocycles. The summed E-state index contributed by atoms with van der Waals surface area (Å²) in [6.07, 6.45) is 5.73. The van der Waals surface area contributed by atoms with Crippen molar-refractivity contribution in [2.24, 2.45) is 0 Å². The van der Waals surface area contributed by atoms with Crippen LogP contribution in [0.15, 0.2) is 97.5 Å². The summed E-state index contributed by atoms with van der Waals surface area (Å²) in [5.74, 6) is 0.612. The molecule has 42 heavy (non-hydrogen) atoms. The topological polar surface area (TPSA) is 77.8 Å². The van der Waals surface area contributed by atoms with Crippen molar-refractivity contribution in [2.45, 2.75) is 39.2 Å². The predicted molar refractivity (Wildman–Crippen MR) is 169 cm³/mol. The summed E-state index contributed by atoms with van der Waals surface area (Å²) in [6, 6.07) is 26.3. The van der Waals surface area contributed by atoms with Gasteiger partial charge >= 0.3 is 0 Å². The molecule has 1 aliphatic heterocycles. The van der Waals surface area contributed by atoms with Gasteiger partial charge in [0.25, 0.3) is 5.91 Å². The molecule has 1 amide bonds. The lowest BCUT2D eigenvalue weighted by Gasteiger charge is -2.40. The molecular formula is C34H37N7O. The molecule has 1 unspecified atom stereocenters. The number of hydrogen-bond acceptors (Lipinski definition) is 6. The number of para-hydroxylation sites is 1. The van der Waals surface area contributed by atoms with Gasteiger partial charge in [-0.15, -0.1) is 0 Å². The Bertz CT molecular complexity index is 1690. The normalized spacial score (nSPS) is 16.0. The average Bonchev–Trinajstić information content (AvgIpc) is 3.47. The second kappa shape index (κ2) is 11.4. The van der Waals surface area contributed by atoms with Gasteiger partial charge < -0.3 is 15.0 Å². The fourth-order valence-corrected chi connectivity index (χ4v) is 5.36. The molecule has 1 fully saturated rings. The molecule has 8 heteroatoms. The highest BCUT2D eigenvalue weighted by Crippen LogP contribution is 2.32. The van der Waals surface area contributed by atoms with Crippen LogP contribution < -0.4 is 15.6 Å². The van der Waals surface area contributed by atoms with Crippen molar-refractivity contribution in [3.05, 3.63) is 109 Å². The fraction of sp³-hybridized carbons (Fsp3) is 0.265. The molecular weight excluding hydrogens is 522 g/mol. The van der Waals surface area contributed by atoms with Gasteiger partial charge in [0, 0.05) is 61.1 Å². The van der Waals surface area contributed by atoms with Crippen LogP contribution in [0.2, 0.25) is 0 Å². The van der Waals surface area contributed by atoms with E-state index < -0.39 is 0 Å². The molecule has 2 aromatic heterocycles. The number of fused-ring (bicyclic) bond motifs is 1. The molecule has 2 N–H and O–H groups in total. The van der Waals surface area contributed by atoms with E-state index in [2.05, 4.69) is 65.5 Å². The maximum atomic E-state index is 13.1. The van der Waals surface area contributed by atoms with Gasteiger partial charge in [0.1, 0.15) is 0 Å². The number of amides is 1. The van der Waals surface area contributed by atoms with Crippen molar-refractivity contribution in [2.75, 3.05) is 30.0 Å². The first-order valence-electron chi connectivity index (χ1n) is 14.5. The largest absolute Gasteiger partial charge is 0.322 e. The van der Waals surface area contributed by atoms with Crippen molar-refractivity contribution in [3.63, 3.8) is 0 Å². The van der Waals surface area contributed by atoms with E-state index in [0.717, 1.165) is 48.0 Å². The number of carbonyl (C=O) groups excluding carboxylic acids is 1. The Morgan fingerprint density at radius 1 is 1.02 bits per heavy atom. The zero-order valence-electron chi connectivity index (χ0n) is 24.6. The molecule has 214 valence electrons. The minimum Gasteiger partial charge on any atom is -0.322 e. The first-order chi connectivity index (χ1) is 20.3. The number of nitrogens with one attached hydrogen (secondary N) is 2. The van der Waals surface area contributed by atoms with Crippen LogP contribution in [0.1, 0.15) is 43.6 Å². The second-order valence-corrected chi connectivity index (χ2v) is 11.9. The predicted octanol–water partition coefficient (Wildman–Crippen LogP) is 6.29. The van der Waals surface area contributed by atoms with E-state index in [0.29, 0.717) is 17.3 Å². The van der Waals surface area contributed by atoms with Gasteiger partial charge in [-0.1, -0.05) is 63.2 Å². The van der Waals surface area contributed by atoms with E-state index in [4.69, 9.17) is 4.98 Å². The minimum absolute atomic E-state index is 0.0325. The molecule has 1 aliphatic rings. The van der Waals surface area contributed by atoms with Crippen molar-refractivity contribution in [1.82, 2.24) is 24.7 Å². The van der Waals surface area contributed by atoms with E-state index in [1.807, 2.05) is 83.5 Å². The van der Waals surface area contributed by atoms with Crippen molar-refractivity contribution in [1.29, 1.82) is 0 Å². The molecule has 3 heterocycles. The number of piperazine rings is 1. The average molecular weight is 560 g/mol. The Balaban J connectivity index is 1.35. The Hall–Kier alpha value is -4.53. The lowest BCUT2D eigenvalue weighted by molar-refractivity contribution is 0.102. The van der Waals surface area contributed by atoms with Crippen molar-refractivity contribution < 1.29 is 4.79 Å². The Morgan fingerprint density at radius 2 is 1.81 bits per heavy atom. The number of hydrogen-bond donors (Lipinski definition) is 2. The molecule has 5 aromatic rings. The number of imidazole rings is 1. The van der Waals surface area contributed by atoms with Gasteiger partial charge in [-0.05, 0) is 54.3 Å². The Kier molecular flexibility index (Phi) is 7.49. The van der Waals surface area contributed by atoms with Crippen LogP contribution in [0.4, 0.5) is 17.2 Å². The fourth-order valence-electron chi connectivity index (χ4n) is 5.36. The van der Waals surface area contributed by atoms with Crippen LogP contribution in [-0.2, 0) is 5.41 Å². The van der Waals surface area contributed by atoms with Gasteiger partial charge in [0.15, 0.2) is 11.5 Å². The molecule has 0 spiro atoms. The van der Waals surface area contributed by atoms with Gasteiger partial charge in [-0.2, -0.15) is 0 Å². The number of aromatic nitrogens is 3. The molecule has 8 nitrogen and oxygen atoms in total. The Morgan fingerprint density at radius 3 is 2.55 bits per heavy atom. The summed E-state index contributed by atoms with van der Waals surface area (Å²) < 4.78 is 2.02. The zero-order valence-corrected chi connectivity index (χ0v) is 24.6. The minimum atomic E-state index is -0.144. The first-order valence-corrected chi connectivity index (χ1v) is 14.5. The highest BCUT2D eigenvalue weighted by molar-refractivity contribution is 6.04. The first kappa shape index (κ1) is 27.6. The number of nitrogens with zero attached hydrogens (tertiary/aromatic N) is 5. The van der Waals surface area contributed by atoms with Crippen LogP contribution >= 0.6 is 0 Å². The second-order valence-electron chi connectivity index (χ2n) is 11.9. The third kappa shape index (κ3) is 5.77. The summed E-state index contributed by atoms with van der Waals surface area (Å²) in [4.78, 5) is 23.0. The number of benzene rings is 3. The van der Waals surface area contributed by atoms with Crippen LogP contribution in [0.5, 0.6) is 0 Å². The van der Waals surface area contributed by atoms with Gasteiger partial charge in [0.2, 0.25) is 0 Å². The number of rotatable bonds is 6. The number of carbonyl (C=O) groups is 1. The highest BCUT2D eigenvalue weighted by Gasteiger charge is 2.27. The van der Waals surface area contributed by atoms with Gasteiger partial charge in [0.05, 0.1) is 11.4 Å². The van der Waals surface area contributed by atoms with Crippen LogP contribution in [0, 0.1) is 0 Å². The van der Waals surface area contributed by atoms with Crippen LogP contribution in [0.3, 0.4) is 0 Å². The quantitative estimate of drug-likeness (QED) is 0.255. The SMILES string of the molecule is CC1CN(N(c2ccccc2)c2nc(-c3cccc(NC(=O)c4ccc(C(C)(C)C)cc4)c3)cn3ccnc23)CCN1. The summed E-state index contributed by atoms with van der Waals surface area (Å²) in [5, 5.41) is 11.1. The van der Waals surface area contributed by atoms with E-state index in [9.17, 15) is 4.79 Å². The lowest BCUT2D eigenvalue weighted by atomic mass is 9.87. The molecule has 0 radical (unpaired) electrons. The molecule has 1 saturated heterocycles. The zero-order chi connectivity index (χ0) is 29.3. The number of anilines is 3. The smallest absolute Gasteiger partial charge is 0.255 e. The van der Waals surface area contributed by atoms with Crippen LogP contribution in [0.25, 0.3) is 16.9 Å². The van der Waals surface area contributed by atoms with E-state index in [-0.39, 0.29) is 11.3 Å². The summed E-state index contributed by atoms with van der Waals surface area (Å²) in [6.45, 7) is 11.3. The van der Waals surface area contributed by atoms with Gasteiger partial charge in [-0.3, -0.25) is 9.80 Å². The van der Waals surface area contributed by atoms with E-state index in [1.54, 1.807) is 6.20 Å². The van der Waals surface area contributed by atoms with Gasteiger partial charge in [-0.25, -0.2) is 15.0 Å². The van der Waals surface area contributed by atoms with E-state index >= 15 is 0 Å². The Labute approximate surface area is 247 Å². The molecule has 0 aliphatic carbocycles. The summed E-state index contributed by atoms with van der Waals surface area (Å²) >= 11 is 0. The summed E-state index contributed by atoms with van der Waals surface area (Å²) in [7, 11) is 0. The molecule has 6 rings (SSSR count). The highest BCUT2D eigenvalue weighted by atomic mass is 16.1. The molecule has 0 bridgehead atoms. The molecule has 0 saturated carbocycles. The standard InChI is InChI=1S/C34H37N7O/c1-24-22-40(20-18-35-24)41(29-11-6-5-7-12-29)32-31-36-17-19-39(31)23-30(38-32)26-9-8-10-28(21-26)37-33(42)25-13-15-27(16-14-25)34(2,3)4/h5-17,19,21,23-24,35H,18,20,22H2,1-4H3,(H,37,42). The lowest BCUT2D eigenvalue weighted by Crippen LogP contribution is -2.55. The maximum absolute atomic E-state index is 13.1. The summed E-state index contributed by atoms with van der Waals surface area (Å²) in [5.41, 5.74) is 6.04. The van der Waals surface area contributed by atoms with Crippen molar-refractivity contribution in [3.8, 4) is 11.3 Å². The monoisotopic (exact) mass is 559 g/mol. The molecule has 1 atom stereocenters.